The number of carbonyl (C=O) groups is 1. The quantitative estimate of drug-likeness (QED) is 0.427. The zero-order valence-corrected chi connectivity index (χ0v) is 16.3. The fraction of sp³-hybridized carbons (Fsp3) is 0.160. The first kappa shape index (κ1) is 19.0. The van der Waals surface area contributed by atoms with Gasteiger partial charge in [-0.25, -0.2) is 0 Å². The molecule has 29 heavy (non-hydrogen) atoms. The lowest BCUT2D eigenvalue weighted by molar-refractivity contribution is -0.123. The van der Waals surface area contributed by atoms with E-state index in [2.05, 4.69) is 39.9 Å². The number of aromatic nitrogens is 1. The van der Waals surface area contributed by atoms with Crippen molar-refractivity contribution in [2.45, 2.75) is 25.6 Å². The number of benzene rings is 3. The van der Waals surface area contributed by atoms with E-state index in [1.807, 2.05) is 66.9 Å². The van der Waals surface area contributed by atoms with E-state index in [9.17, 15) is 4.79 Å². The van der Waals surface area contributed by atoms with Crippen LogP contribution in [-0.2, 0) is 24.3 Å². The molecule has 0 fully saturated rings. The summed E-state index contributed by atoms with van der Waals surface area (Å²) in [5.41, 5.74) is 4.48. The van der Waals surface area contributed by atoms with Crippen molar-refractivity contribution in [1.29, 1.82) is 0 Å². The molecule has 3 aromatic carbocycles. The molecule has 0 unspecified atom stereocenters. The molecule has 4 nitrogen and oxygen atoms in total. The minimum Gasteiger partial charge on any atom is -0.361 e. The molecule has 1 amide bonds. The maximum atomic E-state index is 13.0. The largest absolute Gasteiger partial charge is 0.361 e. The van der Waals surface area contributed by atoms with Gasteiger partial charge in [-0.05, 0) is 29.2 Å². The minimum atomic E-state index is -0.321. The molecule has 0 saturated carbocycles. The summed E-state index contributed by atoms with van der Waals surface area (Å²) >= 11 is 0. The Morgan fingerprint density at radius 1 is 0.793 bits per heavy atom. The summed E-state index contributed by atoms with van der Waals surface area (Å²) in [5.74, 6) is 0.00932. The number of H-pyrrole nitrogens is 1. The Labute approximate surface area is 171 Å². The summed E-state index contributed by atoms with van der Waals surface area (Å²) in [6.45, 7) is 1.17. The molecule has 146 valence electrons. The van der Waals surface area contributed by atoms with Crippen LogP contribution in [0.15, 0.2) is 91.1 Å². The van der Waals surface area contributed by atoms with Crippen LogP contribution in [0.5, 0.6) is 0 Å². The summed E-state index contributed by atoms with van der Waals surface area (Å²) in [7, 11) is 0. The number of para-hydroxylation sites is 1. The van der Waals surface area contributed by atoms with Crippen LogP contribution in [-0.4, -0.2) is 16.9 Å². The van der Waals surface area contributed by atoms with Gasteiger partial charge in [0.2, 0.25) is 5.91 Å². The van der Waals surface area contributed by atoms with Gasteiger partial charge in [0.25, 0.3) is 0 Å². The molecule has 4 heteroatoms. The van der Waals surface area contributed by atoms with E-state index in [0.717, 1.165) is 27.6 Å². The molecule has 1 heterocycles. The van der Waals surface area contributed by atoms with Gasteiger partial charge in [0.1, 0.15) is 0 Å². The van der Waals surface area contributed by atoms with Crippen LogP contribution in [0.25, 0.3) is 10.9 Å². The first-order valence-electron chi connectivity index (χ1n) is 9.93. The number of nitrogens with one attached hydrogen (secondary N) is 3. The molecule has 0 aliphatic heterocycles. The third kappa shape index (κ3) is 4.92. The Kier molecular flexibility index (Phi) is 6.03. The number of carbonyl (C=O) groups excluding carboxylic acids is 1. The molecular formula is C25H25N3O. The standard InChI is InChI=1S/C25H25N3O/c29-25(28-17-20-11-5-2-6-12-20)24(26-16-19-9-3-1-4-10-19)15-21-18-27-23-14-8-7-13-22(21)23/h1-14,18,24,26-27H,15-17H2,(H,28,29)/t24-/m1/s1. The summed E-state index contributed by atoms with van der Waals surface area (Å²) in [4.78, 5) is 16.3. The number of rotatable bonds is 8. The molecule has 0 saturated heterocycles. The van der Waals surface area contributed by atoms with E-state index in [1.54, 1.807) is 0 Å². The van der Waals surface area contributed by atoms with E-state index >= 15 is 0 Å². The molecule has 1 aromatic heterocycles. The molecule has 0 aliphatic carbocycles. The molecule has 0 bridgehead atoms. The predicted octanol–water partition coefficient (Wildman–Crippen LogP) is 4.19. The molecule has 3 N–H and O–H groups in total. The predicted molar refractivity (Wildman–Crippen MR) is 117 cm³/mol. The van der Waals surface area contributed by atoms with Crippen molar-refractivity contribution in [2.75, 3.05) is 0 Å². The molecule has 4 rings (SSSR count). The van der Waals surface area contributed by atoms with Gasteiger partial charge in [0.15, 0.2) is 0 Å². The SMILES string of the molecule is O=C(NCc1ccccc1)[C@@H](Cc1c[nH]c2ccccc12)NCc1ccccc1. The maximum absolute atomic E-state index is 13.0. The van der Waals surface area contributed by atoms with Crippen molar-refractivity contribution in [3.8, 4) is 0 Å². The molecule has 0 radical (unpaired) electrons. The number of fused-ring (bicyclic) bond motifs is 1. The third-order valence-corrected chi connectivity index (χ3v) is 5.12. The van der Waals surface area contributed by atoms with E-state index < -0.39 is 0 Å². The van der Waals surface area contributed by atoms with Crippen molar-refractivity contribution in [1.82, 2.24) is 15.6 Å². The fourth-order valence-corrected chi connectivity index (χ4v) is 3.52. The fourth-order valence-electron chi connectivity index (χ4n) is 3.52. The first-order chi connectivity index (χ1) is 14.3. The lowest BCUT2D eigenvalue weighted by Crippen LogP contribution is -2.45. The second-order valence-corrected chi connectivity index (χ2v) is 7.19. The Morgan fingerprint density at radius 2 is 1.41 bits per heavy atom. The topological polar surface area (TPSA) is 56.9 Å². The maximum Gasteiger partial charge on any atom is 0.237 e. The number of aromatic amines is 1. The van der Waals surface area contributed by atoms with Crippen molar-refractivity contribution < 1.29 is 4.79 Å². The summed E-state index contributed by atoms with van der Waals surface area (Å²) in [6, 6.07) is 28.0. The van der Waals surface area contributed by atoms with Crippen LogP contribution < -0.4 is 10.6 Å². The van der Waals surface area contributed by atoms with Crippen molar-refractivity contribution >= 4 is 16.8 Å². The zero-order valence-electron chi connectivity index (χ0n) is 16.3. The van der Waals surface area contributed by atoms with Gasteiger partial charge in [-0.3, -0.25) is 4.79 Å². The summed E-state index contributed by atoms with van der Waals surface area (Å²) in [6.07, 6.45) is 2.63. The number of amides is 1. The molecule has 0 spiro atoms. The molecule has 0 aliphatic rings. The zero-order chi connectivity index (χ0) is 19.9. The minimum absolute atomic E-state index is 0.00932. The van der Waals surface area contributed by atoms with Crippen molar-refractivity contribution in [2.24, 2.45) is 0 Å². The number of hydrogen-bond acceptors (Lipinski definition) is 2. The second-order valence-electron chi connectivity index (χ2n) is 7.19. The highest BCUT2D eigenvalue weighted by atomic mass is 16.2. The Balaban J connectivity index is 1.48. The normalized spacial score (nSPS) is 12.0. The van der Waals surface area contributed by atoms with Gasteiger partial charge in [-0.2, -0.15) is 0 Å². The Bertz CT molecular complexity index is 1060. The monoisotopic (exact) mass is 383 g/mol. The third-order valence-electron chi connectivity index (χ3n) is 5.12. The van der Waals surface area contributed by atoms with Crippen LogP contribution in [0, 0.1) is 0 Å². The second kappa shape index (κ2) is 9.22. The highest BCUT2D eigenvalue weighted by Crippen LogP contribution is 2.19. The van der Waals surface area contributed by atoms with E-state index in [4.69, 9.17) is 0 Å². The molecule has 1 atom stereocenters. The smallest absolute Gasteiger partial charge is 0.237 e. The molecular weight excluding hydrogens is 358 g/mol. The lowest BCUT2D eigenvalue weighted by Gasteiger charge is -2.19. The highest BCUT2D eigenvalue weighted by Gasteiger charge is 2.20. The van der Waals surface area contributed by atoms with Gasteiger partial charge < -0.3 is 15.6 Å². The summed E-state index contributed by atoms with van der Waals surface area (Å²) < 4.78 is 0. The van der Waals surface area contributed by atoms with E-state index in [1.165, 1.54) is 0 Å². The molecule has 4 aromatic rings. The van der Waals surface area contributed by atoms with Crippen LogP contribution in [0.4, 0.5) is 0 Å². The van der Waals surface area contributed by atoms with Crippen LogP contribution in [0.1, 0.15) is 16.7 Å². The van der Waals surface area contributed by atoms with Crippen LogP contribution in [0.3, 0.4) is 0 Å². The van der Waals surface area contributed by atoms with Gasteiger partial charge in [-0.15, -0.1) is 0 Å². The number of hydrogen-bond donors (Lipinski definition) is 3. The van der Waals surface area contributed by atoms with E-state index in [-0.39, 0.29) is 11.9 Å². The van der Waals surface area contributed by atoms with Crippen LogP contribution in [0.2, 0.25) is 0 Å². The Morgan fingerprint density at radius 3 is 2.14 bits per heavy atom. The Hall–Kier alpha value is -3.37. The van der Waals surface area contributed by atoms with Gasteiger partial charge in [-0.1, -0.05) is 78.9 Å². The van der Waals surface area contributed by atoms with Gasteiger partial charge in [0.05, 0.1) is 6.04 Å². The van der Waals surface area contributed by atoms with Crippen LogP contribution >= 0.6 is 0 Å². The summed E-state index contributed by atoms with van der Waals surface area (Å²) in [5, 5.41) is 7.70. The van der Waals surface area contributed by atoms with Gasteiger partial charge in [0, 0.05) is 30.2 Å². The lowest BCUT2D eigenvalue weighted by atomic mass is 10.0. The average Bonchev–Trinajstić information content (AvgIpc) is 3.19. The van der Waals surface area contributed by atoms with Gasteiger partial charge >= 0.3 is 0 Å². The average molecular weight is 383 g/mol. The van der Waals surface area contributed by atoms with Crippen molar-refractivity contribution in [3.63, 3.8) is 0 Å². The highest BCUT2D eigenvalue weighted by molar-refractivity contribution is 5.86. The van der Waals surface area contributed by atoms with E-state index in [0.29, 0.717) is 19.5 Å². The van der Waals surface area contributed by atoms with Crippen molar-refractivity contribution in [3.05, 3.63) is 108 Å². The first-order valence-corrected chi connectivity index (χ1v) is 9.93.